The van der Waals surface area contributed by atoms with E-state index in [4.69, 9.17) is 17.0 Å². The van der Waals surface area contributed by atoms with Crippen LogP contribution in [0.2, 0.25) is 0 Å². The average Bonchev–Trinajstić information content (AvgIpc) is 2.45. The Morgan fingerprint density at radius 3 is 2.29 bits per heavy atom. The molecular weight excluding hydrogens is 294 g/mol. The van der Waals surface area contributed by atoms with Gasteiger partial charge in [-0.25, -0.2) is 0 Å². The van der Waals surface area contributed by atoms with Gasteiger partial charge in [0.2, 0.25) is 0 Å². The second-order valence-electron chi connectivity index (χ2n) is 3.11. The number of benzene rings is 1. The molecule has 0 saturated carbocycles. The Kier molecular flexibility index (Phi) is 5.30. The molecule has 14 heavy (non-hydrogen) atoms. The van der Waals surface area contributed by atoms with Crippen LogP contribution in [0, 0.1) is 13.8 Å². The van der Waals surface area contributed by atoms with E-state index in [1.165, 1.54) is 21.9 Å². The first-order valence-corrected chi connectivity index (χ1v) is 10.6. The van der Waals surface area contributed by atoms with Crippen LogP contribution >= 0.6 is 17.0 Å². The Morgan fingerprint density at radius 2 is 1.71 bits per heavy atom. The molecule has 0 aliphatic heterocycles. The first-order chi connectivity index (χ1) is 6.70. The van der Waals surface area contributed by atoms with Crippen molar-refractivity contribution in [1.82, 2.24) is 0 Å². The third-order valence-corrected chi connectivity index (χ3v) is 2.33. The zero-order valence-electron chi connectivity index (χ0n) is 8.14. The van der Waals surface area contributed by atoms with Gasteiger partial charge < -0.3 is 0 Å². The van der Waals surface area contributed by atoms with Gasteiger partial charge in [0.1, 0.15) is 0 Å². The Morgan fingerprint density at radius 1 is 1.14 bits per heavy atom. The monoisotopic (exact) mass is 303 g/mol. The Balaban J connectivity index is 0.000000293. The van der Waals surface area contributed by atoms with E-state index >= 15 is 0 Å². The van der Waals surface area contributed by atoms with Gasteiger partial charge >= 0.3 is 37.9 Å². The molecule has 0 atom stereocenters. The SMILES string of the molecule is Cc1[cH-]c2ccccc2c1C.[Cl][Zr][Cl]. The summed E-state index contributed by atoms with van der Waals surface area (Å²) in [6.07, 6.45) is 0. The quantitative estimate of drug-likeness (QED) is 0.626. The summed E-state index contributed by atoms with van der Waals surface area (Å²) in [6.45, 7) is 4.34. The average molecular weight is 305 g/mol. The minimum absolute atomic E-state index is 0.826. The summed E-state index contributed by atoms with van der Waals surface area (Å²) in [6, 6.07) is 10.8. The second-order valence-corrected chi connectivity index (χ2v) is 6.84. The molecule has 0 bridgehead atoms. The molecule has 0 spiro atoms. The number of hydrogen-bond donors (Lipinski definition) is 0. The molecule has 0 amide bonds. The fraction of sp³-hybridized carbons (Fsp3) is 0.182. The van der Waals surface area contributed by atoms with E-state index in [-0.39, 0.29) is 0 Å². The second kappa shape index (κ2) is 6.00. The number of rotatable bonds is 0. The zero-order valence-corrected chi connectivity index (χ0v) is 12.1. The number of hydrogen-bond acceptors (Lipinski definition) is 0. The van der Waals surface area contributed by atoms with Crippen LogP contribution in [0.25, 0.3) is 10.8 Å². The van der Waals surface area contributed by atoms with Crippen molar-refractivity contribution < 1.29 is 20.8 Å². The van der Waals surface area contributed by atoms with Crippen molar-refractivity contribution in [3.8, 4) is 0 Å². The van der Waals surface area contributed by atoms with Crippen molar-refractivity contribution in [1.29, 1.82) is 0 Å². The van der Waals surface area contributed by atoms with Gasteiger partial charge in [-0.2, -0.15) is 5.56 Å². The maximum atomic E-state index is 4.93. The van der Waals surface area contributed by atoms with Gasteiger partial charge in [0.15, 0.2) is 0 Å². The molecule has 0 aromatic heterocycles. The third-order valence-electron chi connectivity index (χ3n) is 2.33. The minimum atomic E-state index is -0.826. The summed E-state index contributed by atoms with van der Waals surface area (Å²) >= 11 is -0.826. The van der Waals surface area contributed by atoms with Crippen molar-refractivity contribution in [3.63, 3.8) is 0 Å². The van der Waals surface area contributed by atoms with Gasteiger partial charge in [-0.05, 0) is 0 Å². The van der Waals surface area contributed by atoms with E-state index in [1.807, 2.05) is 0 Å². The van der Waals surface area contributed by atoms with Crippen LogP contribution in [0.3, 0.4) is 0 Å². The van der Waals surface area contributed by atoms with E-state index in [2.05, 4.69) is 44.2 Å². The van der Waals surface area contributed by atoms with Gasteiger partial charge in [0.25, 0.3) is 0 Å². The molecule has 0 aliphatic carbocycles. The third kappa shape index (κ3) is 2.89. The van der Waals surface area contributed by atoms with Crippen molar-refractivity contribution in [2.45, 2.75) is 13.8 Å². The van der Waals surface area contributed by atoms with Gasteiger partial charge in [-0.3, -0.25) is 0 Å². The molecule has 74 valence electrons. The molecule has 2 aromatic rings. The van der Waals surface area contributed by atoms with Gasteiger partial charge in [0, 0.05) is 0 Å². The van der Waals surface area contributed by atoms with Crippen LogP contribution in [-0.2, 0) is 20.8 Å². The maximum absolute atomic E-state index is 4.93. The Hall–Kier alpha value is 0.293. The van der Waals surface area contributed by atoms with Gasteiger partial charge in [0.05, 0.1) is 0 Å². The molecule has 2 aromatic carbocycles. The first-order valence-electron chi connectivity index (χ1n) is 4.28. The molecule has 0 saturated heterocycles. The van der Waals surface area contributed by atoms with Crippen molar-refractivity contribution in [3.05, 3.63) is 41.5 Å². The number of fused-ring (bicyclic) bond motifs is 1. The predicted molar refractivity (Wildman–Crippen MR) is 60.7 cm³/mol. The van der Waals surface area contributed by atoms with E-state index < -0.39 is 20.8 Å². The molecule has 0 aliphatic rings. The summed E-state index contributed by atoms with van der Waals surface area (Å²) < 4.78 is 0. The fourth-order valence-electron chi connectivity index (χ4n) is 1.52. The number of halogens is 2. The van der Waals surface area contributed by atoms with Crippen LogP contribution in [-0.4, -0.2) is 0 Å². The summed E-state index contributed by atoms with van der Waals surface area (Å²) in [4.78, 5) is 0. The molecule has 0 nitrogen and oxygen atoms in total. The predicted octanol–water partition coefficient (Wildman–Crippen LogP) is 4.55. The molecule has 0 heterocycles. The Bertz CT molecular complexity index is 407. The fourth-order valence-corrected chi connectivity index (χ4v) is 1.52. The molecule has 0 fully saturated rings. The van der Waals surface area contributed by atoms with Crippen molar-refractivity contribution >= 4 is 27.8 Å². The molecule has 0 radical (unpaired) electrons. The summed E-state index contributed by atoms with van der Waals surface area (Å²) in [5, 5.41) is 2.76. The Labute approximate surface area is 103 Å². The molecule has 0 unspecified atom stereocenters. The van der Waals surface area contributed by atoms with E-state index in [1.54, 1.807) is 0 Å². The normalized spacial score (nSPS) is 9.43. The first kappa shape index (κ1) is 12.4. The van der Waals surface area contributed by atoms with Crippen molar-refractivity contribution in [2.75, 3.05) is 0 Å². The van der Waals surface area contributed by atoms with Crippen LogP contribution in [0.4, 0.5) is 0 Å². The zero-order chi connectivity index (χ0) is 10.6. The van der Waals surface area contributed by atoms with E-state index in [9.17, 15) is 0 Å². The number of aryl methyl sites for hydroxylation is 2. The van der Waals surface area contributed by atoms with Gasteiger partial charge in [-0.1, -0.05) is 19.9 Å². The summed E-state index contributed by atoms with van der Waals surface area (Å²) in [5.74, 6) is 0. The molecule has 0 N–H and O–H groups in total. The topological polar surface area (TPSA) is 0 Å². The van der Waals surface area contributed by atoms with Crippen LogP contribution in [0.15, 0.2) is 30.3 Å². The van der Waals surface area contributed by atoms with Crippen LogP contribution < -0.4 is 0 Å². The van der Waals surface area contributed by atoms with Crippen molar-refractivity contribution in [2.24, 2.45) is 0 Å². The van der Waals surface area contributed by atoms with E-state index in [0.717, 1.165) is 0 Å². The van der Waals surface area contributed by atoms with Crippen LogP contribution in [0.1, 0.15) is 11.1 Å². The summed E-state index contributed by atoms with van der Waals surface area (Å²) in [7, 11) is 9.87. The molecular formula is C11H11Cl2Zr-. The standard InChI is InChI=1S/C11H11.2ClH.Zr/c1-8-7-10-5-3-4-6-11(10)9(8)2;;;/h3-7H,1-2H3;2*1H;/q-1;;;+2/p-2. The van der Waals surface area contributed by atoms with Crippen LogP contribution in [0.5, 0.6) is 0 Å². The van der Waals surface area contributed by atoms with E-state index in [0.29, 0.717) is 0 Å². The molecule has 2 rings (SSSR count). The molecule has 3 heteroatoms. The van der Waals surface area contributed by atoms with Gasteiger partial charge in [-0.15, -0.1) is 40.6 Å². The summed E-state index contributed by atoms with van der Waals surface area (Å²) in [5.41, 5.74) is 2.81.